The number of likely N-dealkylation sites (N-methyl/N-ethyl adjacent to an activating group) is 1. The number of imidazole rings is 1. The van der Waals surface area contributed by atoms with Crippen molar-refractivity contribution in [1.82, 2.24) is 29.3 Å². The average Bonchev–Trinajstić information content (AvgIpc) is 3.02. The van der Waals surface area contributed by atoms with E-state index in [4.69, 9.17) is 0 Å². The number of nitrogens with zero attached hydrogens (tertiary/aromatic N) is 6. The van der Waals surface area contributed by atoms with Gasteiger partial charge in [-0.2, -0.15) is 0 Å². The fourth-order valence-corrected chi connectivity index (χ4v) is 3.09. The van der Waals surface area contributed by atoms with E-state index in [9.17, 15) is 4.79 Å². The number of fused-ring (bicyclic) bond motifs is 1. The molecule has 7 heteroatoms. The van der Waals surface area contributed by atoms with Crippen molar-refractivity contribution < 1.29 is 4.79 Å². The maximum absolute atomic E-state index is 12.8. The number of pyridine rings is 2. The Hall–Kier alpha value is -2.80. The van der Waals surface area contributed by atoms with Crippen molar-refractivity contribution in [1.29, 1.82) is 0 Å². The van der Waals surface area contributed by atoms with Gasteiger partial charge in [0, 0.05) is 38.6 Å². The molecule has 128 valence electrons. The highest BCUT2D eigenvalue weighted by atomic mass is 16.2. The van der Waals surface area contributed by atoms with E-state index in [1.807, 2.05) is 39.8 Å². The Balaban J connectivity index is 1.69. The second-order valence-electron chi connectivity index (χ2n) is 6.27. The van der Waals surface area contributed by atoms with Gasteiger partial charge in [0.15, 0.2) is 11.5 Å². The van der Waals surface area contributed by atoms with E-state index in [-0.39, 0.29) is 12.5 Å². The van der Waals surface area contributed by atoms with Gasteiger partial charge in [0.05, 0.1) is 0 Å². The minimum absolute atomic E-state index is 0.0928. The van der Waals surface area contributed by atoms with Crippen LogP contribution in [-0.2, 0) is 11.3 Å². The Morgan fingerprint density at radius 3 is 2.60 bits per heavy atom. The summed E-state index contributed by atoms with van der Waals surface area (Å²) in [4.78, 5) is 30.4. The van der Waals surface area contributed by atoms with Crippen LogP contribution < -0.4 is 0 Å². The summed E-state index contributed by atoms with van der Waals surface area (Å²) in [5.41, 5.74) is 2.23. The van der Waals surface area contributed by atoms with Crippen LogP contribution in [0.15, 0.2) is 42.7 Å². The third-order valence-electron chi connectivity index (χ3n) is 4.55. The van der Waals surface area contributed by atoms with Crippen LogP contribution in [0.3, 0.4) is 0 Å². The van der Waals surface area contributed by atoms with Crippen LogP contribution in [-0.4, -0.2) is 68.5 Å². The van der Waals surface area contributed by atoms with E-state index < -0.39 is 0 Å². The van der Waals surface area contributed by atoms with Crippen LogP contribution in [0.2, 0.25) is 0 Å². The molecule has 0 radical (unpaired) electrons. The molecular formula is C18H20N6O. The van der Waals surface area contributed by atoms with Gasteiger partial charge in [-0.3, -0.25) is 14.3 Å². The van der Waals surface area contributed by atoms with Gasteiger partial charge in [0.25, 0.3) is 0 Å². The first-order chi connectivity index (χ1) is 12.2. The highest BCUT2D eigenvalue weighted by molar-refractivity contribution is 5.82. The summed E-state index contributed by atoms with van der Waals surface area (Å²) in [5.74, 6) is 0.770. The summed E-state index contributed by atoms with van der Waals surface area (Å²) in [5, 5.41) is 0. The number of carbonyl (C=O) groups is 1. The number of carbonyl (C=O) groups excluding carboxylic acids is 1. The second kappa shape index (κ2) is 6.60. The van der Waals surface area contributed by atoms with Gasteiger partial charge in [-0.25, -0.2) is 9.97 Å². The molecule has 0 spiro atoms. The van der Waals surface area contributed by atoms with E-state index >= 15 is 0 Å². The molecule has 1 aliphatic heterocycles. The fourth-order valence-electron chi connectivity index (χ4n) is 3.09. The molecule has 25 heavy (non-hydrogen) atoms. The van der Waals surface area contributed by atoms with Gasteiger partial charge in [-0.1, -0.05) is 6.07 Å². The number of aromatic nitrogens is 4. The highest BCUT2D eigenvalue weighted by Gasteiger charge is 2.22. The summed E-state index contributed by atoms with van der Waals surface area (Å²) in [7, 11) is 2.08. The average molecular weight is 336 g/mol. The van der Waals surface area contributed by atoms with Gasteiger partial charge in [-0.15, -0.1) is 0 Å². The SMILES string of the molecule is CN1CCN(C(=O)Cn2c(-c3ccccn3)nc3cccnc32)CC1. The quantitative estimate of drug-likeness (QED) is 0.720. The molecule has 0 unspecified atom stereocenters. The molecule has 7 nitrogen and oxygen atoms in total. The molecule has 0 bridgehead atoms. The Kier molecular flexibility index (Phi) is 4.15. The minimum atomic E-state index is 0.0928. The molecule has 0 aromatic carbocycles. The smallest absolute Gasteiger partial charge is 0.242 e. The van der Waals surface area contributed by atoms with Crippen molar-refractivity contribution >= 4 is 17.1 Å². The molecule has 1 fully saturated rings. The fraction of sp³-hybridized carbons (Fsp3) is 0.333. The molecule has 4 heterocycles. The molecule has 1 amide bonds. The molecular weight excluding hydrogens is 316 g/mol. The van der Waals surface area contributed by atoms with Gasteiger partial charge >= 0.3 is 0 Å². The molecule has 3 aromatic rings. The number of rotatable bonds is 3. The predicted octanol–water partition coefficient (Wildman–Crippen LogP) is 1.27. The van der Waals surface area contributed by atoms with Gasteiger partial charge in [0.2, 0.25) is 5.91 Å². The monoisotopic (exact) mass is 336 g/mol. The lowest BCUT2D eigenvalue weighted by atomic mass is 10.3. The summed E-state index contributed by atoms with van der Waals surface area (Å²) in [6.07, 6.45) is 3.46. The van der Waals surface area contributed by atoms with Crippen LogP contribution in [0.4, 0.5) is 0 Å². The molecule has 0 atom stereocenters. The topological polar surface area (TPSA) is 67.2 Å². The van der Waals surface area contributed by atoms with Crippen molar-refractivity contribution in [3.8, 4) is 11.5 Å². The lowest BCUT2D eigenvalue weighted by molar-refractivity contribution is -0.133. The summed E-state index contributed by atoms with van der Waals surface area (Å²) >= 11 is 0. The van der Waals surface area contributed by atoms with E-state index in [1.165, 1.54) is 0 Å². The first kappa shape index (κ1) is 15.7. The molecule has 1 aliphatic rings. The highest BCUT2D eigenvalue weighted by Crippen LogP contribution is 2.22. The standard InChI is InChI=1S/C18H20N6O/c1-22-9-11-23(12-10-22)16(25)13-24-17-15(6-4-8-20-17)21-18(24)14-5-2-3-7-19-14/h2-8H,9-13H2,1H3. The lowest BCUT2D eigenvalue weighted by Crippen LogP contribution is -2.48. The van der Waals surface area contributed by atoms with E-state index in [1.54, 1.807) is 12.4 Å². The number of piperazine rings is 1. The van der Waals surface area contributed by atoms with E-state index in [0.29, 0.717) is 11.5 Å². The first-order valence-electron chi connectivity index (χ1n) is 8.41. The Bertz CT molecular complexity index is 883. The van der Waals surface area contributed by atoms with Crippen LogP contribution in [0.5, 0.6) is 0 Å². The van der Waals surface area contributed by atoms with Crippen molar-refractivity contribution in [2.45, 2.75) is 6.54 Å². The van der Waals surface area contributed by atoms with E-state index in [0.717, 1.165) is 37.4 Å². The molecule has 0 N–H and O–H groups in total. The minimum Gasteiger partial charge on any atom is -0.339 e. The Labute approximate surface area is 145 Å². The van der Waals surface area contributed by atoms with Crippen LogP contribution in [0.25, 0.3) is 22.7 Å². The summed E-state index contributed by atoms with van der Waals surface area (Å²) in [6, 6.07) is 9.44. The normalized spacial score (nSPS) is 15.6. The van der Waals surface area contributed by atoms with E-state index in [2.05, 4.69) is 26.9 Å². The molecule has 1 saturated heterocycles. The van der Waals surface area contributed by atoms with Gasteiger partial charge in [-0.05, 0) is 31.3 Å². The summed E-state index contributed by atoms with van der Waals surface area (Å²) in [6.45, 7) is 3.55. The zero-order chi connectivity index (χ0) is 17.2. The zero-order valence-electron chi connectivity index (χ0n) is 14.2. The van der Waals surface area contributed by atoms with Crippen molar-refractivity contribution in [3.05, 3.63) is 42.7 Å². The van der Waals surface area contributed by atoms with Crippen LogP contribution in [0.1, 0.15) is 0 Å². The maximum atomic E-state index is 12.8. The third kappa shape index (κ3) is 3.10. The molecule has 4 rings (SSSR count). The molecule has 0 saturated carbocycles. The maximum Gasteiger partial charge on any atom is 0.242 e. The van der Waals surface area contributed by atoms with Gasteiger partial charge < -0.3 is 9.80 Å². The van der Waals surface area contributed by atoms with Crippen LogP contribution >= 0.6 is 0 Å². The van der Waals surface area contributed by atoms with Gasteiger partial charge in [0.1, 0.15) is 17.8 Å². The zero-order valence-corrected chi connectivity index (χ0v) is 14.2. The number of hydrogen-bond donors (Lipinski definition) is 0. The lowest BCUT2D eigenvalue weighted by Gasteiger charge is -2.32. The third-order valence-corrected chi connectivity index (χ3v) is 4.55. The molecule has 3 aromatic heterocycles. The number of amides is 1. The number of hydrogen-bond acceptors (Lipinski definition) is 5. The van der Waals surface area contributed by atoms with Crippen molar-refractivity contribution in [2.24, 2.45) is 0 Å². The first-order valence-corrected chi connectivity index (χ1v) is 8.41. The van der Waals surface area contributed by atoms with Crippen LogP contribution in [0, 0.1) is 0 Å². The molecule has 0 aliphatic carbocycles. The van der Waals surface area contributed by atoms with Crippen molar-refractivity contribution in [2.75, 3.05) is 33.2 Å². The second-order valence-corrected chi connectivity index (χ2v) is 6.27. The predicted molar refractivity (Wildman–Crippen MR) is 94.8 cm³/mol. The Morgan fingerprint density at radius 1 is 1.04 bits per heavy atom. The largest absolute Gasteiger partial charge is 0.339 e. The summed E-state index contributed by atoms with van der Waals surface area (Å²) < 4.78 is 1.87. The van der Waals surface area contributed by atoms with Crippen molar-refractivity contribution in [3.63, 3.8) is 0 Å². The Morgan fingerprint density at radius 2 is 1.84 bits per heavy atom.